The number of nitrogens with one attached hydrogen (secondary N) is 1. The number of carbonyl (C=O) groups is 3. The minimum atomic E-state index is -0.947. The van der Waals surface area contributed by atoms with Gasteiger partial charge in [-0.05, 0) is 42.6 Å². The third-order valence-corrected chi connectivity index (χ3v) is 6.59. The van der Waals surface area contributed by atoms with Crippen LogP contribution in [0.15, 0.2) is 42.6 Å². The van der Waals surface area contributed by atoms with Crippen molar-refractivity contribution in [1.82, 2.24) is 14.8 Å². The standard InChI is InChI=1S/C24H24ClF2N5O3/c25-17-5-6-18(26)16(22(17)27)10-30-23(34)20-7-13(9-28)11-31(20)21(33)8-14-12-32(24(29)35)19-4-2-1-3-15(14)19/h1-6,12-13,20H,7-11,28H2,(H2,29,35)(H,30,34)/t13-,20+/m1/s1. The maximum Gasteiger partial charge on any atom is 0.323 e. The van der Waals surface area contributed by atoms with E-state index in [0.29, 0.717) is 22.9 Å². The molecule has 1 aromatic heterocycles. The Bertz CT molecular complexity index is 1310. The van der Waals surface area contributed by atoms with E-state index >= 15 is 0 Å². The lowest BCUT2D eigenvalue weighted by atomic mass is 10.1. The molecule has 0 bridgehead atoms. The number of hydrogen-bond acceptors (Lipinski definition) is 4. The van der Waals surface area contributed by atoms with E-state index in [4.69, 9.17) is 23.1 Å². The maximum atomic E-state index is 14.2. The van der Waals surface area contributed by atoms with Crippen LogP contribution in [-0.2, 0) is 22.6 Å². The number of para-hydroxylation sites is 1. The largest absolute Gasteiger partial charge is 0.351 e. The highest BCUT2D eigenvalue weighted by Crippen LogP contribution is 2.27. The molecule has 2 heterocycles. The van der Waals surface area contributed by atoms with Crippen LogP contribution in [0, 0.1) is 17.6 Å². The molecule has 35 heavy (non-hydrogen) atoms. The first-order chi connectivity index (χ1) is 16.7. The molecule has 3 amide bonds. The minimum absolute atomic E-state index is 0.0700. The summed E-state index contributed by atoms with van der Waals surface area (Å²) in [7, 11) is 0. The Morgan fingerprint density at radius 2 is 1.89 bits per heavy atom. The third-order valence-electron chi connectivity index (χ3n) is 6.30. The summed E-state index contributed by atoms with van der Waals surface area (Å²) in [5, 5.41) is 2.95. The summed E-state index contributed by atoms with van der Waals surface area (Å²) in [5.74, 6) is -2.78. The molecule has 11 heteroatoms. The predicted molar refractivity (Wildman–Crippen MR) is 127 cm³/mol. The summed E-state index contributed by atoms with van der Waals surface area (Å²) in [6.07, 6.45) is 1.76. The van der Waals surface area contributed by atoms with Crippen LogP contribution in [0.1, 0.15) is 17.5 Å². The molecule has 1 fully saturated rings. The van der Waals surface area contributed by atoms with E-state index in [2.05, 4.69) is 5.32 Å². The van der Waals surface area contributed by atoms with Gasteiger partial charge in [0.25, 0.3) is 0 Å². The van der Waals surface area contributed by atoms with Crippen LogP contribution in [0.2, 0.25) is 5.02 Å². The van der Waals surface area contributed by atoms with Gasteiger partial charge in [0.05, 0.1) is 17.0 Å². The second-order valence-corrected chi connectivity index (χ2v) is 8.90. The molecule has 2 atom stereocenters. The van der Waals surface area contributed by atoms with E-state index < -0.39 is 36.2 Å². The van der Waals surface area contributed by atoms with Crippen molar-refractivity contribution in [3.8, 4) is 0 Å². The monoisotopic (exact) mass is 503 g/mol. The molecule has 2 aromatic carbocycles. The molecule has 1 aliphatic rings. The zero-order valence-electron chi connectivity index (χ0n) is 18.6. The summed E-state index contributed by atoms with van der Waals surface area (Å²) in [6, 6.07) is 7.62. The number of benzene rings is 2. The highest BCUT2D eigenvalue weighted by Gasteiger charge is 2.39. The fourth-order valence-corrected chi connectivity index (χ4v) is 4.66. The summed E-state index contributed by atoms with van der Waals surface area (Å²) >= 11 is 5.72. The van der Waals surface area contributed by atoms with Crippen LogP contribution in [0.3, 0.4) is 0 Å². The number of likely N-dealkylation sites (tertiary alicyclic amines) is 1. The zero-order chi connectivity index (χ0) is 25.3. The topological polar surface area (TPSA) is 123 Å². The molecule has 3 aromatic rings. The quantitative estimate of drug-likeness (QED) is 0.447. The molecule has 0 aliphatic carbocycles. The number of amides is 3. The first-order valence-electron chi connectivity index (χ1n) is 11.0. The van der Waals surface area contributed by atoms with Crippen molar-refractivity contribution in [2.75, 3.05) is 13.1 Å². The van der Waals surface area contributed by atoms with E-state index in [1.807, 2.05) is 0 Å². The highest BCUT2D eigenvalue weighted by molar-refractivity contribution is 6.30. The fraction of sp³-hybridized carbons (Fsp3) is 0.292. The zero-order valence-corrected chi connectivity index (χ0v) is 19.4. The number of fused-ring (bicyclic) bond motifs is 1. The van der Waals surface area contributed by atoms with Gasteiger partial charge in [-0.15, -0.1) is 0 Å². The van der Waals surface area contributed by atoms with Crippen LogP contribution < -0.4 is 16.8 Å². The predicted octanol–water partition coefficient (Wildman–Crippen LogP) is 2.53. The number of aromatic nitrogens is 1. The van der Waals surface area contributed by atoms with Crippen LogP contribution in [0.4, 0.5) is 13.6 Å². The van der Waals surface area contributed by atoms with Crippen molar-refractivity contribution in [1.29, 1.82) is 0 Å². The van der Waals surface area contributed by atoms with Crippen molar-refractivity contribution in [3.63, 3.8) is 0 Å². The van der Waals surface area contributed by atoms with Crippen LogP contribution in [-0.4, -0.2) is 46.4 Å². The van der Waals surface area contributed by atoms with Crippen molar-refractivity contribution >= 4 is 40.3 Å². The van der Waals surface area contributed by atoms with Crippen molar-refractivity contribution in [2.45, 2.75) is 25.4 Å². The van der Waals surface area contributed by atoms with E-state index in [-0.39, 0.29) is 41.9 Å². The molecule has 0 spiro atoms. The summed E-state index contributed by atoms with van der Waals surface area (Å²) in [4.78, 5) is 39.5. The Labute approximate surface area is 204 Å². The molecule has 0 saturated carbocycles. The number of nitrogens with zero attached hydrogens (tertiary/aromatic N) is 2. The smallest absolute Gasteiger partial charge is 0.323 e. The van der Waals surface area contributed by atoms with E-state index in [1.165, 1.54) is 15.7 Å². The number of rotatable bonds is 6. The normalized spacial score (nSPS) is 17.7. The average Bonchev–Trinajstić information content (AvgIpc) is 3.44. The van der Waals surface area contributed by atoms with Gasteiger partial charge in [0, 0.05) is 30.2 Å². The second kappa shape index (κ2) is 10.0. The lowest BCUT2D eigenvalue weighted by molar-refractivity contribution is -0.138. The number of hydrogen-bond donors (Lipinski definition) is 3. The van der Waals surface area contributed by atoms with Crippen molar-refractivity contribution in [2.24, 2.45) is 17.4 Å². The van der Waals surface area contributed by atoms with Crippen molar-refractivity contribution < 1.29 is 23.2 Å². The Balaban J connectivity index is 1.53. The first-order valence-corrected chi connectivity index (χ1v) is 11.4. The molecular formula is C24H24ClF2N5O3. The van der Waals surface area contributed by atoms with Gasteiger partial charge in [-0.25, -0.2) is 13.6 Å². The Morgan fingerprint density at radius 3 is 2.60 bits per heavy atom. The maximum absolute atomic E-state index is 14.2. The van der Waals surface area contributed by atoms with Gasteiger partial charge in [0.2, 0.25) is 11.8 Å². The lowest BCUT2D eigenvalue weighted by Gasteiger charge is -2.24. The second-order valence-electron chi connectivity index (χ2n) is 8.50. The number of nitrogens with two attached hydrogens (primary N) is 2. The van der Waals surface area contributed by atoms with Crippen LogP contribution in [0.25, 0.3) is 10.9 Å². The highest BCUT2D eigenvalue weighted by atomic mass is 35.5. The first kappa shape index (κ1) is 24.6. The molecule has 1 saturated heterocycles. The number of carbonyl (C=O) groups excluding carboxylic acids is 3. The number of primary amides is 1. The van der Waals surface area contributed by atoms with Gasteiger partial charge in [-0.2, -0.15) is 0 Å². The van der Waals surface area contributed by atoms with E-state index in [0.717, 1.165) is 12.1 Å². The van der Waals surface area contributed by atoms with Gasteiger partial charge in [-0.1, -0.05) is 29.8 Å². The van der Waals surface area contributed by atoms with Gasteiger partial charge in [0.1, 0.15) is 17.7 Å². The minimum Gasteiger partial charge on any atom is -0.351 e. The van der Waals surface area contributed by atoms with Crippen LogP contribution >= 0.6 is 11.6 Å². The van der Waals surface area contributed by atoms with E-state index in [1.54, 1.807) is 24.3 Å². The van der Waals surface area contributed by atoms with E-state index in [9.17, 15) is 23.2 Å². The lowest BCUT2D eigenvalue weighted by Crippen LogP contribution is -2.46. The summed E-state index contributed by atoms with van der Waals surface area (Å²) < 4.78 is 29.5. The van der Waals surface area contributed by atoms with Gasteiger partial charge >= 0.3 is 6.03 Å². The van der Waals surface area contributed by atoms with Gasteiger partial charge < -0.3 is 21.7 Å². The SMILES string of the molecule is NC[C@H]1C[C@@H](C(=O)NCc2c(F)ccc(Cl)c2F)N(C(=O)Cc2cn(C(N)=O)c3ccccc23)C1. The fourth-order valence-electron chi connectivity index (χ4n) is 4.48. The summed E-state index contributed by atoms with van der Waals surface area (Å²) in [6.45, 7) is 0.114. The van der Waals surface area contributed by atoms with Gasteiger partial charge in [-0.3, -0.25) is 14.2 Å². The molecule has 0 radical (unpaired) electrons. The molecule has 0 unspecified atom stereocenters. The van der Waals surface area contributed by atoms with Gasteiger partial charge in [0.15, 0.2) is 0 Å². The molecule has 1 aliphatic heterocycles. The Kier molecular flexibility index (Phi) is 7.04. The Morgan fingerprint density at radius 1 is 1.14 bits per heavy atom. The van der Waals surface area contributed by atoms with Crippen molar-refractivity contribution in [3.05, 3.63) is 70.4 Å². The third kappa shape index (κ3) is 4.85. The number of halogens is 3. The Hall–Kier alpha value is -3.50. The average molecular weight is 504 g/mol. The summed E-state index contributed by atoms with van der Waals surface area (Å²) in [5.41, 5.74) is 12.1. The molecular weight excluding hydrogens is 480 g/mol. The molecule has 8 nitrogen and oxygen atoms in total. The molecule has 4 rings (SSSR count). The molecule has 5 N–H and O–H groups in total. The van der Waals surface area contributed by atoms with Crippen LogP contribution in [0.5, 0.6) is 0 Å². The molecule has 184 valence electrons.